The van der Waals surface area contributed by atoms with Crippen LogP contribution in [0.5, 0.6) is 0 Å². The third kappa shape index (κ3) is 4.55. The second kappa shape index (κ2) is 7.76. The first-order chi connectivity index (χ1) is 11.3. The molecule has 0 aliphatic carbocycles. The van der Waals surface area contributed by atoms with Crippen LogP contribution < -0.4 is 10.6 Å². The fraction of sp³-hybridized carbons (Fsp3) is 0.500. The van der Waals surface area contributed by atoms with E-state index >= 15 is 0 Å². The number of carbonyl (C=O) groups excluding carboxylic acids is 2. The molecule has 7 nitrogen and oxygen atoms in total. The summed E-state index contributed by atoms with van der Waals surface area (Å²) in [6.45, 7) is 3.94. The van der Waals surface area contributed by atoms with Crippen LogP contribution in [-0.4, -0.2) is 43.7 Å². The Hall–Kier alpha value is -1.93. The van der Waals surface area contributed by atoms with Crippen molar-refractivity contribution in [3.8, 4) is 0 Å². The SMILES string of the molecule is CCC(=O)NC1CCN(S(=O)(=O)c2ccc(NC(C)=O)cc2)CC1. The first-order valence-electron chi connectivity index (χ1n) is 8.00. The maximum Gasteiger partial charge on any atom is 0.243 e. The van der Waals surface area contributed by atoms with Gasteiger partial charge in [0.1, 0.15) is 0 Å². The Morgan fingerprint density at radius 2 is 1.75 bits per heavy atom. The van der Waals surface area contributed by atoms with E-state index in [1.807, 2.05) is 0 Å². The quantitative estimate of drug-likeness (QED) is 0.835. The Labute approximate surface area is 142 Å². The second-order valence-electron chi connectivity index (χ2n) is 5.80. The molecule has 8 heteroatoms. The number of anilines is 1. The van der Waals surface area contributed by atoms with Gasteiger partial charge in [-0.1, -0.05) is 6.92 Å². The fourth-order valence-corrected chi connectivity index (χ4v) is 4.10. The number of carbonyl (C=O) groups is 2. The molecular weight excluding hydrogens is 330 g/mol. The van der Waals surface area contributed by atoms with Gasteiger partial charge in [-0.3, -0.25) is 9.59 Å². The van der Waals surface area contributed by atoms with Gasteiger partial charge >= 0.3 is 0 Å². The molecule has 1 aromatic carbocycles. The minimum Gasteiger partial charge on any atom is -0.353 e. The Morgan fingerprint density at radius 3 is 2.25 bits per heavy atom. The van der Waals surface area contributed by atoms with Crippen LogP contribution in [0, 0.1) is 0 Å². The van der Waals surface area contributed by atoms with E-state index in [1.54, 1.807) is 19.1 Å². The molecule has 0 saturated carbocycles. The van der Waals surface area contributed by atoms with Gasteiger partial charge in [0.15, 0.2) is 0 Å². The highest BCUT2D eigenvalue weighted by atomic mass is 32.2. The smallest absolute Gasteiger partial charge is 0.243 e. The molecule has 1 aliphatic heterocycles. The van der Waals surface area contributed by atoms with E-state index in [-0.39, 0.29) is 22.8 Å². The van der Waals surface area contributed by atoms with Gasteiger partial charge in [0.2, 0.25) is 21.8 Å². The maximum atomic E-state index is 12.7. The van der Waals surface area contributed by atoms with Crippen LogP contribution in [0.1, 0.15) is 33.1 Å². The topological polar surface area (TPSA) is 95.6 Å². The van der Waals surface area contributed by atoms with Gasteiger partial charge in [0.05, 0.1) is 4.90 Å². The lowest BCUT2D eigenvalue weighted by atomic mass is 10.1. The number of sulfonamides is 1. The minimum atomic E-state index is -3.56. The van der Waals surface area contributed by atoms with Crippen molar-refractivity contribution in [1.29, 1.82) is 0 Å². The van der Waals surface area contributed by atoms with Crippen molar-refractivity contribution < 1.29 is 18.0 Å². The van der Waals surface area contributed by atoms with Crippen molar-refractivity contribution in [1.82, 2.24) is 9.62 Å². The van der Waals surface area contributed by atoms with Gasteiger partial charge in [0.25, 0.3) is 0 Å². The Balaban J connectivity index is 2.01. The predicted molar refractivity (Wildman–Crippen MR) is 91.0 cm³/mol. The maximum absolute atomic E-state index is 12.7. The predicted octanol–water partition coefficient (Wildman–Crippen LogP) is 1.32. The van der Waals surface area contributed by atoms with Crippen molar-refractivity contribution >= 4 is 27.5 Å². The number of rotatable bonds is 5. The molecule has 24 heavy (non-hydrogen) atoms. The summed E-state index contributed by atoms with van der Waals surface area (Å²) in [5, 5.41) is 5.51. The van der Waals surface area contributed by atoms with E-state index in [1.165, 1.54) is 23.4 Å². The summed E-state index contributed by atoms with van der Waals surface area (Å²) >= 11 is 0. The fourth-order valence-electron chi connectivity index (χ4n) is 2.63. The summed E-state index contributed by atoms with van der Waals surface area (Å²) in [6, 6.07) is 6.16. The molecule has 1 heterocycles. The highest BCUT2D eigenvalue weighted by molar-refractivity contribution is 7.89. The summed E-state index contributed by atoms with van der Waals surface area (Å²) < 4.78 is 26.8. The number of hydrogen-bond donors (Lipinski definition) is 2. The molecule has 0 radical (unpaired) electrons. The standard InChI is InChI=1S/C16H23N3O4S/c1-3-16(21)18-14-8-10-19(11-9-14)24(22,23)15-6-4-13(5-7-15)17-12(2)20/h4-7,14H,3,8-11H2,1-2H3,(H,17,20)(H,18,21). The van der Waals surface area contributed by atoms with Gasteiger partial charge in [-0.05, 0) is 37.1 Å². The molecule has 1 fully saturated rings. The highest BCUT2D eigenvalue weighted by Crippen LogP contribution is 2.22. The van der Waals surface area contributed by atoms with Crippen LogP contribution in [0.3, 0.4) is 0 Å². The number of hydrogen-bond acceptors (Lipinski definition) is 4. The molecule has 0 bridgehead atoms. The van der Waals surface area contributed by atoms with E-state index in [0.717, 1.165) is 0 Å². The van der Waals surface area contributed by atoms with E-state index in [9.17, 15) is 18.0 Å². The van der Waals surface area contributed by atoms with E-state index < -0.39 is 10.0 Å². The lowest BCUT2D eigenvalue weighted by Gasteiger charge is -2.31. The summed E-state index contributed by atoms with van der Waals surface area (Å²) in [4.78, 5) is 22.6. The van der Waals surface area contributed by atoms with Crippen LogP contribution in [0.25, 0.3) is 0 Å². The zero-order chi connectivity index (χ0) is 17.7. The van der Waals surface area contributed by atoms with Crippen LogP contribution in [-0.2, 0) is 19.6 Å². The van der Waals surface area contributed by atoms with Crippen molar-refractivity contribution in [2.24, 2.45) is 0 Å². The van der Waals surface area contributed by atoms with Gasteiger partial charge < -0.3 is 10.6 Å². The summed E-state index contributed by atoms with van der Waals surface area (Å²) in [5.74, 6) is -0.216. The first-order valence-corrected chi connectivity index (χ1v) is 9.44. The molecule has 0 atom stereocenters. The van der Waals surface area contributed by atoms with E-state index in [4.69, 9.17) is 0 Å². The second-order valence-corrected chi connectivity index (χ2v) is 7.74. The number of piperidine rings is 1. The molecule has 0 aromatic heterocycles. The summed E-state index contributed by atoms with van der Waals surface area (Å²) in [7, 11) is -3.56. The number of benzene rings is 1. The molecule has 132 valence electrons. The summed E-state index contributed by atoms with van der Waals surface area (Å²) in [6.07, 6.45) is 1.64. The molecule has 2 rings (SSSR count). The lowest BCUT2D eigenvalue weighted by molar-refractivity contribution is -0.121. The van der Waals surface area contributed by atoms with Crippen LogP contribution in [0.4, 0.5) is 5.69 Å². The van der Waals surface area contributed by atoms with Crippen LogP contribution >= 0.6 is 0 Å². The zero-order valence-electron chi connectivity index (χ0n) is 13.9. The molecule has 2 amide bonds. The highest BCUT2D eigenvalue weighted by Gasteiger charge is 2.29. The molecule has 1 aliphatic rings. The first kappa shape index (κ1) is 18.4. The zero-order valence-corrected chi connectivity index (χ0v) is 14.7. The van der Waals surface area contributed by atoms with Gasteiger partial charge in [0, 0.05) is 38.2 Å². The van der Waals surface area contributed by atoms with Gasteiger partial charge in [-0.25, -0.2) is 8.42 Å². The monoisotopic (exact) mass is 353 g/mol. The van der Waals surface area contributed by atoms with Crippen LogP contribution in [0.2, 0.25) is 0 Å². The number of amides is 2. The normalized spacial score (nSPS) is 16.6. The van der Waals surface area contributed by atoms with Gasteiger partial charge in [-0.2, -0.15) is 4.31 Å². The average Bonchev–Trinajstić information content (AvgIpc) is 2.55. The molecule has 1 saturated heterocycles. The minimum absolute atomic E-state index is 0.00938. The van der Waals surface area contributed by atoms with Crippen molar-refractivity contribution in [2.75, 3.05) is 18.4 Å². The largest absolute Gasteiger partial charge is 0.353 e. The van der Waals surface area contributed by atoms with E-state index in [2.05, 4.69) is 10.6 Å². The molecule has 1 aromatic rings. The van der Waals surface area contributed by atoms with E-state index in [0.29, 0.717) is 38.0 Å². The summed E-state index contributed by atoms with van der Waals surface area (Å²) in [5.41, 5.74) is 0.558. The van der Waals surface area contributed by atoms with Crippen molar-refractivity contribution in [3.63, 3.8) is 0 Å². The Bertz CT molecular complexity index is 693. The third-order valence-electron chi connectivity index (χ3n) is 3.95. The lowest BCUT2D eigenvalue weighted by Crippen LogP contribution is -2.46. The van der Waals surface area contributed by atoms with Gasteiger partial charge in [-0.15, -0.1) is 0 Å². The number of nitrogens with one attached hydrogen (secondary N) is 2. The average molecular weight is 353 g/mol. The molecular formula is C16H23N3O4S. The molecule has 0 unspecified atom stereocenters. The molecule has 2 N–H and O–H groups in total. The Kier molecular flexibility index (Phi) is 5.95. The van der Waals surface area contributed by atoms with Crippen molar-refractivity contribution in [3.05, 3.63) is 24.3 Å². The van der Waals surface area contributed by atoms with Crippen LogP contribution in [0.15, 0.2) is 29.2 Å². The third-order valence-corrected chi connectivity index (χ3v) is 5.87. The number of nitrogens with zero attached hydrogens (tertiary/aromatic N) is 1. The van der Waals surface area contributed by atoms with Crippen molar-refractivity contribution in [2.45, 2.75) is 44.0 Å². The Morgan fingerprint density at radius 1 is 1.17 bits per heavy atom. The molecule has 0 spiro atoms.